The number of hydrogen-bond acceptors (Lipinski definition) is 4. The number of ether oxygens (including phenoxy) is 1. The lowest BCUT2D eigenvalue weighted by Crippen LogP contribution is -1.96. The summed E-state index contributed by atoms with van der Waals surface area (Å²) in [5.41, 5.74) is 6.71. The van der Waals surface area contributed by atoms with Crippen LogP contribution in [0.4, 0.5) is 5.69 Å². The van der Waals surface area contributed by atoms with E-state index in [4.69, 9.17) is 15.7 Å². The van der Waals surface area contributed by atoms with Gasteiger partial charge in [0.1, 0.15) is 5.75 Å². The fraction of sp³-hybridized carbons (Fsp3) is 0.125. The first-order chi connectivity index (χ1) is 5.79. The SMILES string of the molecule is COc1cccc(N)c1/C=N/O. The zero-order valence-corrected chi connectivity index (χ0v) is 6.69. The highest BCUT2D eigenvalue weighted by molar-refractivity contribution is 5.90. The summed E-state index contributed by atoms with van der Waals surface area (Å²) in [6, 6.07) is 5.22. The first-order valence-corrected chi connectivity index (χ1v) is 3.39. The predicted molar refractivity (Wildman–Crippen MR) is 46.8 cm³/mol. The average Bonchev–Trinajstić information content (AvgIpc) is 2.09. The molecule has 4 heteroatoms. The predicted octanol–water partition coefficient (Wildman–Crippen LogP) is 1.09. The van der Waals surface area contributed by atoms with Crippen molar-refractivity contribution in [2.24, 2.45) is 5.16 Å². The van der Waals surface area contributed by atoms with Gasteiger partial charge in [-0.05, 0) is 12.1 Å². The molecular formula is C8H10N2O2. The van der Waals surface area contributed by atoms with E-state index in [0.717, 1.165) is 0 Å². The maximum Gasteiger partial charge on any atom is 0.129 e. The summed E-state index contributed by atoms with van der Waals surface area (Å²) in [5, 5.41) is 11.2. The van der Waals surface area contributed by atoms with E-state index >= 15 is 0 Å². The Labute approximate surface area is 70.3 Å². The molecule has 0 aromatic heterocycles. The molecule has 0 atom stereocenters. The summed E-state index contributed by atoms with van der Waals surface area (Å²) in [6.07, 6.45) is 1.24. The van der Waals surface area contributed by atoms with Gasteiger partial charge in [0.05, 0.1) is 18.9 Å². The minimum Gasteiger partial charge on any atom is -0.496 e. The van der Waals surface area contributed by atoms with E-state index in [0.29, 0.717) is 17.0 Å². The molecule has 12 heavy (non-hydrogen) atoms. The van der Waals surface area contributed by atoms with Crippen LogP contribution in [0.2, 0.25) is 0 Å². The van der Waals surface area contributed by atoms with Crippen LogP contribution in [0.1, 0.15) is 5.56 Å². The van der Waals surface area contributed by atoms with Crippen molar-refractivity contribution in [3.05, 3.63) is 23.8 Å². The minimum atomic E-state index is 0.521. The Morgan fingerprint density at radius 3 is 2.92 bits per heavy atom. The molecule has 0 radical (unpaired) electrons. The van der Waals surface area contributed by atoms with Gasteiger partial charge >= 0.3 is 0 Å². The van der Waals surface area contributed by atoms with Gasteiger partial charge in [0.15, 0.2) is 0 Å². The Hall–Kier alpha value is -1.71. The highest BCUT2D eigenvalue weighted by atomic mass is 16.5. The van der Waals surface area contributed by atoms with Gasteiger partial charge in [0, 0.05) is 5.69 Å². The smallest absolute Gasteiger partial charge is 0.129 e. The summed E-state index contributed by atoms with van der Waals surface area (Å²) in [7, 11) is 1.53. The normalized spacial score (nSPS) is 10.4. The summed E-state index contributed by atoms with van der Waals surface area (Å²) < 4.78 is 5.00. The van der Waals surface area contributed by atoms with E-state index in [-0.39, 0.29) is 0 Å². The molecule has 0 fully saturated rings. The lowest BCUT2D eigenvalue weighted by atomic mass is 10.2. The molecule has 0 bridgehead atoms. The van der Waals surface area contributed by atoms with Crippen molar-refractivity contribution >= 4 is 11.9 Å². The molecular weight excluding hydrogens is 156 g/mol. The molecule has 1 rings (SSSR count). The second kappa shape index (κ2) is 3.61. The van der Waals surface area contributed by atoms with Crippen LogP contribution in [0.5, 0.6) is 5.75 Å². The van der Waals surface area contributed by atoms with Crippen LogP contribution in [-0.2, 0) is 0 Å². The van der Waals surface area contributed by atoms with Crippen molar-refractivity contribution in [2.75, 3.05) is 12.8 Å². The van der Waals surface area contributed by atoms with Crippen LogP contribution in [0.25, 0.3) is 0 Å². The highest BCUT2D eigenvalue weighted by Gasteiger charge is 2.02. The number of nitrogens with two attached hydrogens (primary N) is 1. The van der Waals surface area contributed by atoms with Crippen LogP contribution in [0.15, 0.2) is 23.4 Å². The molecule has 0 saturated carbocycles. The Bertz CT molecular complexity index is 297. The van der Waals surface area contributed by atoms with E-state index in [1.807, 2.05) is 0 Å². The lowest BCUT2D eigenvalue weighted by Gasteiger charge is -2.05. The summed E-state index contributed by atoms with van der Waals surface area (Å²) >= 11 is 0. The van der Waals surface area contributed by atoms with E-state index in [9.17, 15) is 0 Å². The van der Waals surface area contributed by atoms with Crippen LogP contribution in [-0.4, -0.2) is 18.5 Å². The Balaban J connectivity index is 3.19. The molecule has 4 nitrogen and oxygen atoms in total. The zero-order chi connectivity index (χ0) is 8.97. The molecule has 0 aliphatic heterocycles. The monoisotopic (exact) mass is 166 g/mol. The number of anilines is 1. The zero-order valence-electron chi connectivity index (χ0n) is 6.69. The number of hydrogen-bond donors (Lipinski definition) is 2. The van der Waals surface area contributed by atoms with Gasteiger partial charge in [-0.3, -0.25) is 0 Å². The summed E-state index contributed by atoms with van der Waals surface area (Å²) in [5.74, 6) is 0.591. The molecule has 0 heterocycles. The van der Waals surface area contributed by atoms with Gasteiger partial charge in [-0.15, -0.1) is 0 Å². The number of rotatable bonds is 2. The molecule has 1 aromatic rings. The third kappa shape index (κ3) is 1.47. The quantitative estimate of drug-likeness (QED) is 0.299. The number of methoxy groups -OCH3 is 1. The molecule has 0 aliphatic carbocycles. The molecule has 0 aliphatic rings. The first-order valence-electron chi connectivity index (χ1n) is 3.39. The third-order valence-corrected chi connectivity index (χ3v) is 1.51. The first kappa shape index (κ1) is 8.39. The molecule has 1 aromatic carbocycles. The van der Waals surface area contributed by atoms with Gasteiger partial charge in [-0.1, -0.05) is 11.2 Å². The topological polar surface area (TPSA) is 67.8 Å². The molecule has 3 N–H and O–H groups in total. The van der Waals surface area contributed by atoms with E-state index in [1.54, 1.807) is 18.2 Å². The summed E-state index contributed by atoms with van der Waals surface area (Å²) in [4.78, 5) is 0. The van der Waals surface area contributed by atoms with Crippen molar-refractivity contribution in [3.8, 4) is 5.75 Å². The molecule has 64 valence electrons. The largest absolute Gasteiger partial charge is 0.496 e. The molecule has 0 spiro atoms. The van der Waals surface area contributed by atoms with Gasteiger partial charge < -0.3 is 15.7 Å². The molecule has 0 saturated heterocycles. The Morgan fingerprint density at radius 1 is 1.58 bits per heavy atom. The van der Waals surface area contributed by atoms with Crippen LogP contribution >= 0.6 is 0 Å². The second-order valence-corrected chi connectivity index (χ2v) is 2.21. The van der Waals surface area contributed by atoms with Crippen molar-refractivity contribution in [1.29, 1.82) is 0 Å². The van der Waals surface area contributed by atoms with Crippen LogP contribution in [0.3, 0.4) is 0 Å². The number of benzene rings is 1. The van der Waals surface area contributed by atoms with Crippen molar-refractivity contribution in [2.45, 2.75) is 0 Å². The average molecular weight is 166 g/mol. The highest BCUT2D eigenvalue weighted by Crippen LogP contribution is 2.21. The van der Waals surface area contributed by atoms with Gasteiger partial charge in [-0.2, -0.15) is 0 Å². The van der Waals surface area contributed by atoms with E-state index < -0.39 is 0 Å². The lowest BCUT2D eigenvalue weighted by molar-refractivity contribution is 0.321. The van der Waals surface area contributed by atoms with Crippen molar-refractivity contribution < 1.29 is 9.94 Å². The second-order valence-electron chi connectivity index (χ2n) is 2.21. The van der Waals surface area contributed by atoms with Crippen LogP contribution < -0.4 is 10.5 Å². The van der Waals surface area contributed by atoms with Gasteiger partial charge in [-0.25, -0.2) is 0 Å². The van der Waals surface area contributed by atoms with Gasteiger partial charge in [0.25, 0.3) is 0 Å². The molecule has 0 unspecified atom stereocenters. The minimum absolute atomic E-state index is 0.521. The Morgan fingerprint density at radius 2 is 2.33 bits per heavy atom. The fourth-order valence-corrected chi connectivity index (χ4v) is 0.935. The van der Waals surface area contributed by atoms with E-state index in [2.05, 4.69) is 5.16 Å². The number of nitrogen functional groups attached to an aromatic ring is 1. The maximum atomic E-state index is 8.32. The number of nitrogens with zero attached hydrogens (tertiary/aromatic N) is 1. The summed E-state index contributed by atoms with van der Waals surface area (Å²) in [6.45, 7) is 0. The standard InChI is InChI=1S/C8H10N2O2/c1-12-8-4-2-3-7(9)6(8)5-10-11/h2-5,11H,9H2,1H3/b10-5+. The third-order valence-electron chi connectivity index (χ3n) is 1.51. The molecule has 0 amide bonds. The fourth-order valence-electron chi connectivity index (χ4n) is 0.935. The van der Waals surface area contributed by atoms with Crippen molar-refractivity contribution in [3.63, 3.8) is 0 Å². The Kier molecular flexibility index (Phi) is 2.53. The maximum absolute atomic E-state index is 8.32. The van der Waals surface area contributed by atoms with E-state index in [1.165, 1.54) is 13.3 Å². The van der Waals surface area contributed by atoms with Gasteiger partial charge in [0.2, 0.25) is 0 Å². The van der Waals surface area contributed by atoms with Crippen LogP contribution in [0, 0.1) is 0 Å². The number of oxime groups is 1. The van der Waals surface area contributed by atoms with Crippen molar-refractivity contribution in [1.82, 2.24) is 0 Å².